The lowest BCUT2D eigenvalue weighted by atomic mass is 10.2. The molecule has 0 saturated carbocycles. The van der Waals surface area contributed by atoms with Gasteiger partial charge in [-0.05, 0) is 39.7 Å². The van der Waals surface area contributed by atoms with Gasteiger partial charge in [0, 0.05) is 22.3 Å². The van der Waals surface area contributed by atoms with Gasteiger partial charge in [-0.3, -0.25) is 4.79 Å². The molecule has 0 atom stereocenters. The van der Waals surface area contributed by atoms with Crippen molar-refractivity contribution in [2.45, 2.75) is 6.54 Å². The predicted molar refractivity (Wildman–Crippen MR) is 85.8 cm³/mol. The van der Waals surface area contributed by atoms with Gasteiger partial charge < -0.3 is 9.30 Å². The van der Waals surface area contributed by atoms with Gasteiger partial charge in [-0.1, -0.05) is 12.1 Å². The highest BCUT2D eigenvalue weighted by Crippen LogP contribution is 2.26. The van der Waals surface area contributed by atoms with Crippen LogP contribution >= 0.6 is 15.9 Å². The van der Waals surface area contributed by atoms with Crippen LogP contribution in [0.2, 0.25) is 0 Å². The minimum Gasteiger partial charge on any atom is -0.480 e. The average molecular weight is 363 g/mol. The van der Waals surface area contributed by atoms with Gasteiger partial charge in [0.15, 0.2) is 0 Å². The highest BCUT2D eigenvalue weighted by Gasteiger charge is 2.12. The lowest BCUT2D eigenvalue weighted by Gasteiger charge is -2.10. The normalized spacial score (nSPS) is 10.9. The molecule has 2 aromatic heterocycles. The van der Waals surface area contributed by atoms with Crippen molar-refractivity contribution in [1.29, 1.82) is 0 Å². The van der Waals surface area contributed by atoms with Crippen molar-refractivity contribution in [3.63, 3.8) is 0 Å². The minimum atomic E-state index is -0.301. The van der Waals surface area contributed by atoms with Crippen molar-refractivity contribution >= 4 is 26.7 Å². The standard InChI is InChI=1S/C16H12BrFN2O2/c1-22-15-14-12(13(17)8-19-15)6-7-20(16(14)21)9-10-2-4-11(18)5-3-10/h2-8H,9H2,1H3. The van der Waals surface area contributed by atoms with Gasteiger partial charge in [-0.15, -0.1) is 0 Å². The molecule has 0 N–H and O–H groups in total. The van der Waals surface area contributed by atoms with Crippen LogP contribution in [-0.4, -0.2) is 16.7 Å². The van der Waals surface area contributed by atoms with Gasteiger partial charge in [0.1, 0.15) is 11.2 Å². The van der Waals surface area contributed by atoms with Crippen LogP contribution in [0.3, 0.4) is 0 Å². The van der Waals surface area contributed by atoms with Crippen molar-refractivity contribution in [2.24, 2.45) is 0 Å². The summed E-state index contributed by atoms with van der Waals surface area (Å²) in [5, 5.41) is 1.16. The fourth-order valence-corrected chi connectivity index (χ4v) is 2.73. The third kappa shape index (κ3) is 2.62. The first-order chi connectivity index (χ1) is 10.6. The summed E-state index contributed by atoms with van der Waals surface area (Å²) in [4.78, 5) is 16.8. The molecule has 3 aromatic rings. The number of nitrogens with zero attached hydrogens (tertiary/aromatic N) is 2. The topological polar surface area (TPSA) is 44.1 Å². The van der Waals surface area contributed by atoms with E-state index >= 15 is 0 Å². The number of aromatic nitrogens is 2. The molecule has 3 rings (SSSR count). The maximum absolute atomic E-state index is 13.0. The Balaban J connectivity index is 2.14. The summed E-state index contributed by atoms with van der Waals surface area (Å²) < 4.78 is 20.4. The van der Waals surface area contributed by atoms with Gasteiger partial charge in [0.2, 0.25) is 5.88 Å². The van der Waals surface area contributed by atoms with Crippen LogP contribution < -0.4 is 10.3 Å². The zero-order chi connectivity index (χ0) is 15.7. The number of ether oxygens (including phenoxy) is 1. The summed E-state index contributed by atoms with van der Waals surface area (Å²) in [5.74, 6) is -0.0129. The van der Waals surface area contributed by atoms with Gasteiger partial charge in [-0.25, -0.2) is 9.37 Å². The van der Waals surface area contributed by atoms with Gasteiger partial charge in [0.25, 0.3) is 5.56 Å². The Labute approximate surface area is 134 Å². The highest BCUT2D eigenvalue weighted by molar-refractivity contribution is 9.10. The summed E-state index contributed by atoms with van der Waals surface area (Å²) in [6.45, 7) is 0.352. The molecule has 0 aliphatic heterocycles. The van der Waals surface area contributed by atoms with Crippen LogP contribution in [0.25, 0.3) is 10.8 Å². The van der Waals surface area contributed by atoms with E-state index in [1.54, 1.807) is 29.1 Å². The molecule has 0 radical (unpaired) electrons. The number of rotatable bonds is 3. The van der Waals surface area contributed by atoms with Crippen molar-refractivity contribution in [1.82, 2.24) is 9.55 Å². The number of methoxy groups -OCH3 is 1. The molecule has 0 bridgehead atoms. The van der Waals surface area contributed by atoms with E-state index in [-0.39, 0.29) is 17.3 Å². The molecule has 22 heavy (non-hydrogen) atoms. The molecular weight excluding hydrogens is 351 g/mol. The highest BCUT2D eigenvalue weighted by atomic mass is 79.9. The quantitative estimate of drug-likeness (QED) is 0.717. The SMILES string of the molecule is COc1ncc(Br)c2ccn(Cc3ccc(F)cc3)c(=O)c12. The Kier molecular flexibility index (Phi) is 3.94. The van der Waals surface area contributed by atoms with E-state index in [1.165, 1.54) is 19.2 Å². The lowest BCUT2D eigenvalue weighted by Crippen LogP contribution is -2.21. The van der Waals surface area contributed by atoms with Crippen LogP contribution in [0.1, 0.15) is 5.56 Å². The first kappa shape index (κ1) is 14.7. The van der Waals surface area contributed by atoms with Crippen molar-refractivity contribution < 1.29 is 9.13 Å². The Morgan fingerprint density at radius 2 is 2.00 bits per heavy atom. The first-order valence-electron chi connectivity index (χ1n) is 6.56. The average Bonchev–Trinajstić information content (AvgIpc) is 2.53. The predicted octanol–water partition coefficient (Wildman–Crippen LogP) is 3.36. The second kappa shape index (κ2) is 5.88. The van der Waals surface area contributed by atoms with E-state index in [2.05, 4.69) is 20.9 Å². The number of benzene rings is 1. The lowest BCUT2D eigenvalue weighted by molar-refractivity contribution is 0.402. The van der Waals surface area contributed by atoms with Gasteiger partial charge >= 0.3 is 0 Å². The van der Waals surface area contributed by atoms with Crippen LogP contribution in [0.15, 0.2) is 52.0 Å². The molecule has 4 nitrogen and oxygen atoms in total. The molecule has 0 amide bonds. The maximum atomic E-state index is 13.0. The molecular formula is C16H12BrFN2O2. The smallest absolute Gasteiger partial charge is 0.264 e. The summed E-state index contributed by atoms with van der Waals surface area (Å²) in [5.41, 5.74) is 0.636. The summed E-state index contributed by atoms with van der Waals surface area (Å²) >= 11 is 3.39. The molecule has 6 heteroatoms. The summed E-state index contributed by atoms with van der Waals surface area (Å²) in [7, 11) is 1.48. The third-order valence-corrected chi connectivity index (χ3v) is 4.02. The maximum Gasteiger partial charge on any atom is 0.264 e. The molecule has 1 aromatic carbocycles. The monoisotopic (exact) mass is 362 g/mol. The Hall–Kier alpha value is -2.21. The van der Waals surface area contributed by atoms with Crippen molar-refractivity contribution in [3.8, 4) is 5.88 Å². The Bertz CT molecular complexity index is 891. The van der Waals surface area contributed by atoms with Crippen molar-refractivity contribution in [3.05, 3.63) is 68.9 Å². The Morgan fingerprint density at radius 3 is 2.68 bits per heavy atom. The molecule has 0 saturated heterocycles. The van der Waals surface area contributed by atoms with E-state index in [1.807, 2.05) is 6.07 Å². The molecule has 0 spiro atoms. The van der Waals surface area contributed by atoms with Crippen LogP contribution in [0.4, 0.5) is 4.39 Å². The first-order valence-corrected chi connectivity index (χ1v) is 7.35. The zero-order valence-electron chi connectivity index (χ0n) is 11.7. The van der Waals surface area contributed by atoms with E-state index < -0.39 is 0 Å². The molecule has 112 valence electrons. The van der Waals surface area contributed by atoms with Crippen LogP contribution in [0.5, 0.6) is 5.88 Å². The third-order valence-electron chi connectivity index (χ3n) is 3.39. The second-order valence-electron chi connectivity index (χ2n) is 4.78. The summed E-state index contributed by atoms with van der Waals surface area (Å²) in [6, 6.07) is 7.89. The molecule has 0 aliphatic carbocycles. The molecule has 0 unspecified atom stereocenters. The number of pyridine rings is 2. The fourth-order valence-electron chi connectivity index (χ4n) is 2.30. The number of halogens is 2. The second-order valence-corrected chi connectivity index (χ2v) is 5.63. The van der Waals surface area contributed by atoms with E-state index in [0.29, 0.717) is 11.9 Å². The molecule has 0 fully saturated rings. The van der Waals surface area contributed by atoms with Crippen LogP contribution in [0, 0.1) is 5.82 Å². The Morgan fingerprint density at radius 1 is 1.27 bits per heavy atom. The largest absolute Gasteiger partial charge is 0.480 e. The minimum absolute atomic E-state index is 0.201. The number of fused-ring (bicyclic) bond motifs is 1. The summed E-state index contributed by atoms with van der Waals surface area (Å²) in [6.07, 6.45) is 3.31. The van der Waals surface area contributed by atoms with E-state index in [9.17, 15) is 9.18 Å². The number of hydrogen-bond donors (Lipinski definition) is 0. The number of hydrogen-bond acceptors (Lipinski definition) is 3. The van der Waals surface area contributed by atoms with E-state index in [0.717, 1.165) is 15.4 Å². The van der Waals surface area contributed by atoms with Gasteiger partial charge in [0.05, 0.1) is 13.7 Å². The van der Waals surface area contributed by atoms with Crippen LogP contribution in [-0.2, 0) is 6.54 Å². The van der Waals surface area contributed by atoms with E-state index in [4.69, 9.17) is 4.74 Å². The van der Waals surface area contributed by atoms with Crippen molar-refractivity contribution in [2.75, 3.05) is 7.11 Å². The molecule has 0 aliphatic rings. The zero-order valence-corrected chi connectivity index (χ0v) is 13.3. The molecule has 2 heterocycles. The van der Waals surface area contributed by atoms with Gasteiger partial charge in [-0.2, -0.15) is 0 Å². The fraction of sp³-hybridized carbons (Fsp3) is 0.125.